The summed E-state index contributed by atoms with van der Waals surface area (Å²) in [5.74, 6) is -0.123. The number of aryl methyl sites for hydroxylation is 1. The largest absolute Gasteiger partial charge is 0.243 e. The van der Waals surface area contributed by atoms with Gasteiger partial charge in [-0.1, -0.05) is 0 Å². The lowest BCUT2D eigenvalue weighted by Gasteiger charge is -2.23. The third-order valence-corrected chi connectivity index (χ3v) is 7.37. The molecule has 1 aromatic carbocycles. The normalized spacial score (nSPS) is 21.3. The molecule has 1 atom stereocenters. The van der Waals surface area contributed by atoms with E-state index in [-0.39, 0.29) is 16.4 Å². The SMILES string of the molecule is Cc1cc(S(=O)(=O)N(C)C2CCS(=O)(=O)C2)ccc1C#N. The highest BCUT2D eigenvalue weighted by Gasteiger charge is 2.36. The van der Waals surface area contributed by atoms with Crippen LogP contribution in [0.5, 0.6) is 0 Å². The first-order chi connectivity index (χ1) is 9.67. The van der Waals surface area contributed by atoms with Crippen LogP contribution in [0.2, 0.25) is 0 Å². The van der Waals surface area contributed by atoms with Crippen molar-refractivity contribution in [2.75, 3.05) is 18.6 Å². The highest BCUT2D eigenvalue weighted by atomic mass is 32.2. The predicted octanol–water partition coefficient (Wildman–Crippen LogP) is 0.674. The minimum atomic E-state index is -3.76. The average Bonchev–Trinajstić information content (AvgIpc) is 2.77. The lowest BCUT2D eigenvalue weighted by atomic mass is 10.1. The number of nitrogens with zero attached hydrogens (tertiary/aromatic N) is 2. The summed E-state index contributed by atoms with van der Waals surface area (Å²) in [6.45, 7) is 1.66. The summed E-state index contributed by atoms with van der Waals surface area (Å²) in [5.41, 5.74) is 0.992. The van der Waals surface area contributed by atoms with E-state index < -0.39 is 25.9 Å². The van der Waals surface area contributed by atoms with Crippen LogP contribution < -0.4 is 0 Å². The van der Waals surface area contributed by atoms with Gasteiger partial charge in [0, 0.05) is 13.1 Å². The molecule has 1 fully saturated rings. The third-order valence-electron chi connectivity index (χ3n) is 3.72. The van der Waals surface area contributed by atoms with Crippen molar-refractivity contribution in [2.45, 2.75) is 24.3 Å². The van der Waals surface area contributed by atoms with Gasteiger partial charge in [0.15, 0.2) is 9.84 Å². The molecular formula is C13H16N2O4S2. The van der Waals surface area contributed by atoms with Crippen LogP contribution in [0.4, 0.5) is 0 Å². The first-order valence-corrected chi connectivity index (χ1v) is 9.63. The van der Waals surface area contributed by atoms with Crippen LogP contribution in [0.1, 0.15) is 17.5 Å². The molecule has 0 amide bonds. The summed E-state index contributed by atoms with van der Waals surface area (Å²) in [5, 5.41) is 8.87. The zero-order valence-electron chi connectivity index (χ0n) is 11.8. The predicted molar refractivity (Wildman–Crippen MR) is 77.9 cm³/mol. The molecule has 0 radical (unpaired) electrons. The maximum Gasteiger partial charge on any atom is 0.243 e. The summed E-state index contributed by atoms with van der Waals surface area (Å²) in [6, 6.07) is 5.72. The summed E-state index contributed by atoms with van der Waals surface area (Å²) in [6.07, 6.45) is 0.313. The van der Waals surface area contributed by atoms with Crippen molar-refractivity contribution < 1.29 is 16.8 Å². The Morgan fingerprint density at radius 1 is 1.38 bits per heavy atom. The fraction of sp³-hybridized carbons (Fsp3) is 0.462. The maximum absolute atomic E-state index is 12.5. The van der Waals surface area contributed by atoms with Crippen molar-refractivity contribution >= 4 is 19.9 Å². The van der Waals surface area contributed by atoms with Crippen molar-refractivity contribution in [3.63, 3.8) is 0 Å². The molecule has 1 saturated heterocycles. The van der Waals surface area contributed by atoms with Crippen molar-refractivity contribution in [2.24, 2.45) is 0 Å². The highest BCUT2D eigenvalue weighted by molar-refractivity contribution is 7.92. The Morgan fingerprint density at radius 3 is 2.52 bits per heavy atom. The first kappa shape index (κ1) is 15.9. The molecule has 2 rings (SSSR count). The zero-order valence-corrected chi connectivity index (χ0v) is 13.4. The lowest BCUT2D eigenvalue weighted by Crippen LogP contribution is -2.37. The van der Waals surface area contributed by atoms with Gasteiger partial charge in [0.2, 0.25) is 10.0 Å². The molecule has 21 heavy (non-hydrogen) atoms. The number of hydrogen-bond acceptors (Lipinski definition) is 5. The summed E-state index contributed by atoms with van der Waals surface area (Å²) < 4.78 is 49.2. The van der Waals surface area contributed by atoms with E-state index in [1.54, 1.807) is 6.92 Å². The van der Waals surface area contributed by atoms with Crippen molar-refractivity contribution in [1.82, 2.24) is 4.31 Å². The Bertz CT molecular complexity index is 807. The minimum Gasteiger partial charge on any atom is -0.229 e. The van der Waals surface area contributed by atoms with Gasteiger partial charge < -0.3 is 0 Å². The van der Waals surface area contributed by atoms with E-state index in [4.69, 9.17) is 5.26 Å². The average molecular weight is 328 g/mol. The van der Waals surface area contributed by atoms with Crippen LogP contribution in [0.3, 0.4) is 0 Å². The molecule has 6 nitrogen and oxygen atoms in total. The van der Waals surface area contributed by atoms with Crippen LogP contribution >= 0.6 is 0 Å². The number of hydrogen-bond donors (Lipinski definition) is 0. The van der Waals surface area contributed by atoms with E-state index in [2.05, 4.69) is 0 Å². The Hall–Kier alpha value is -1.43. The third kappa shape index (κ3) is 3.10. The summed E-state index contributed by atoms with van der Waals surface area (Å²) >= 11 is 0. The zero-order chi connectivity index (χ0) is 15.8. The fourth-order valence-electron chi connectivity index (χ4n) is 2.35. The van der Waals surface area contributed by atoms with Gasteiger partial charge in [-0.25, -0.2) is 16.8 Å². The Morgan fingerprint density at radius 2 is 2.05 bits per heavy atom. The second-order valence-corrected chi connectivity index (χ2v) is 9.39. The van der Waals surface area contributed by atoms with Crippen LogP contribution in [-0.2, 0) is 19.9 Å². The molecule has 114 valence electrons. The van der Waals surface area contributed by atoms with Crippen molar-refractivity contribution in [1.29, 1.82) is 5.26 Å². The molecule has 0 saturated carbocycles. The van der Waals surface area contributed by atoms with Gasteiger partial charge in [-0.2, -0.15) is 9.57 Å². The van der Waals surface area contributed by atoms with Crippen LogP contribution in [0, 0.1) is 18.3 Å². The number of nitriles is 1. The topological polar surface area (TPSA) is 95.3 Å². The van der Waals surface area contributed by atoms with E-state index in [0.29, 0.717) is 17.5 Å². The number of sulfonamides is 1. The quantitative estimate of drug-likeness (QED) is 0.813. The maximum atomic E-state index is 12.5. The second-order valence-electron chi connectivity index (χ2n) is 5.17. The smallest absolute Gasteiger partial charge is 0.229 e. The highest BCUT2D eigenvalue weighted by Crippen LogP contribution is 2.24. The van der Waals surface area contributed by atoms with Gasteiger partial charge in [0.1, 0.15) is 0 Å². The molecule has 0 bridgehead atoms. The van der Waals surface area contributed by atoms with Gasteiger partial charge in [0.25, 0.3) is 0 Å². The van der Waals surface area contributed by atoms with Crippen molar-refractivity contribution in [3.8, 4) is 6.07 Å². The minimum absolute atomic E-state index is 0.0178. The van der Waals surface area contributed by atoms with Crippen LogP contribution in [0.25, 0.3) is 0 Å². The van der Waals surface area contributed by atoms with Gasteiger partial charge in [-0.15, -0.1) is 0 Å². The van der Waals surface area contributed by atoms with Gasteiger partial charge >= 0.3 is 0 Å². The Balaban J connectivity index is 2.34. The van der Waals surface area contributed by atoms with E-state index >= 15 is 0 Å². The molecule has 1 aliphatic heterocycles. The Kier molecular flexibility index (Phi) is 4.10. The molecule has 1 aliphatic rings. The Labute approximate surface area is 125 Å². The van der Waals surface area contributed by atoms with Crippen LogP contribution in [0.15, 0.2) is 23.1 Å². The number of rotatable bonds is 3. The van der Waals surface area contributed by atoms with Crippen LogP contribution in [-0.4, -0.2) is 45.7 Å². The van der Waals surface area contributed by atoms with E-state index in [9.17, 15) is 16.8 Å². The molecule has 0 N–H and O–H groups in total. The summed E-state index contributed by atoms with van der Waals surface area (Å²) in [4.78, 5) is 0.0748. The molecule has 0 aromatic heterocycles. The fourth-order valence-corrected chi connectivity index (χ4v) is 5.69. The molecular weight excluding hydrogens is 312 g/mol. The van der Waals surface area contributed by atoms with E-state index in [1.807, 2.05) is 6.07 Å². The molecule has 1 unspecified atom stereocenters. The van der Waals surface area contributed by atoms with Crippen molar-refractivity contribution in [3.05, 3.63) is 29.3 Å². The molecule has 1 heterocycles. The van der Waals surface area contributed by atoms with Gasteiger partial charge in [-0.3, -0.25) is 0 Å². The summed E-state index contributed by atoms with van der Waals surface area (Å²) in [7, 11) is -5.51. The van der Waals surface area contributed by atoms with E-state index in [0.717, 1.165) is 4.31 Å². The monoisotopic (exact) mass is 328 g/mol. The molecule has 1 aromatic rings. The second kappa shape index (κ2) is 5.40. The number of benzene rings is 1. The molecule has 0 spiro atoms. The van der Waals surface area contributed by atoms with Gasteiger partial charge in [-0.05, 0) is 37.1 Å². The van der Waals surface area contributed by atoms with Gasteiger partial charge in [0.05, 0.1) is 28.0 Å². The van der Waals surface area contributed by atoms with E-state index in [1.165, 1.54) is 25.2 Å². The lowest BCUT2D eigenvalue weighted by molar-refractivity contribution is 0.394. The standard InChI is InChI=1S/C13H16N2O4S2/c1-10-7-13(4-3-11(10)8-14)21(18,19)15(2)12-5-6-20(16,17)9-12/h3-4,7,12H,5-6,9H2,1-2H3. The number of sulfone groups is 1. The molecule has 0 aliphatic carbocycles. The first-order valence-electron chi connectivity index (χ1n) is 6.36. The molecule has 8 heteroatoms.